The van der Waals surface area contributed by atoms with Crippen LogP contribution >= 0.6 is 0 Å². The van der Waals surface area contributed by atoms with E-state index in [1.165, 1.54) is 18.1 Å². The fourth-order valence-electron chi connectivity index (χ4n) is 4.07. The Bertz CT molecular complexity index is 578. The zero-order valence-corrected chi connectivity index (χ0v) is 13.8. The summed E-state index contributed by atoms with van der Waals surface area (Å²) in [5.74, 6) is 0.132. The van der Waals surface area contributed by atoms with Crippen LogP contribution in [0.15, 0.2) is 24.3 Å². The second-order valence-corrected chi connectivity index (χ2v) is 6.87. The molecule has 1 saturated carbocycles. The van der Waals surface area contributed by atoms with Crippen LogP contribution < -0.4 is 10.6 Å². The fourth-order valence-corrected chi connectivity index (χ4v) is 4.07. The van der Waals surface area contributed by atoms with Crippen molar-refractivity contribution >= 4 is 11.8 Å². The van der Waals surface area contributed by atoms with Crippen molar-refractivity contribution in [1.29, 1.82) is 0 Å². The Kier molecular flexibility index (Phi) is 4.99. The lowest BCUT2D eigenvalue weighted by atomic mass is 9.87. The van der Waals surface area contributed by atoms with Gasteiger partial charge in [-0.3, -0.25) is 9.59 Å². The van der Waals surface area contributed by atoms with E-state index in [0.29, 0.717) is 0 Å². The molecule has 0 spiro atoms. The summed E-state index contributed by atoms with van der Waals surface area (Å²) in [4.78, 5) is 24.3. The lowest BCUT2D eigenvalue weighted by molar-refractivity contribution is -0.130. The molecular formula is C19H26N2O2. The van der Waals surface area contributed by atoms with E-state index >= 15 is 0 Å². The maximum absolute atomic E-state index is 12.8. The smallest absolute Gasteiger partial charge is 0.243 e. The number of benzene rings is 1. The Balaban J connectivity index is 1.73. The Morgan fingerprint density at radius 3 is 2.57 bits per heavy atom. The molecule has 0 aliphatic heterocycles. The van der Waals surface area contributed by atoms with Crippen molar-refractivity contribution in [2.45, 2.75) is 64.0 Å². The standard InChI is InChI=1S/C19H26N2O2/c1-13(22)20-18(15-8-2-3-9-15)19(23)21-17-12-6-10-14-7-4-5-11-16(14)17/h4-5,7,11,15,17-18H,2-3,6,8-10,12H2,1H3,(H,20,22)(H,21,23)/t17-,18-/m1/s1. The second-order valence-electron chi connectivity index (χ2n) is 6.87. The van der Waals surface area contributed by atoms with Gasteiger partial charge in [-0.05, 0) is 49.1 Å². The largest absolute Gasteiger partial charge is 0.347 e. The molecule has 0 heterocycles. The van der Waals surface area contributed by atoms with Gasteiger partial charge in [0.2, 0.25) is 11.8 Å². The minimum absolute atomic E-state index is 0.0196. The number of hydrogen-bond acceptors (Lipinski definition) is 2. The van der Waals surface area contributed by atoms with E-state index in [2.05, 4.69) is 28.8 Å². The average Bonchev–Trinajstić information content (AvgIpc) is 3.07. The molecule has 2 atom stereocenters. The number of fused-ring (bicyclic) bond motifs is 1. The van der Waals surface area contributed by atoms with Crippen LogP contribution in [0.1, 0.15) is 62.6 Å². The van der Waals surface area contributed by atoms with Crippen LogP contribution in [0.4, 0.5) is 0 Å². The molecule has 2 amide bonds. The van der Waals surface area contributed by atoms with Crippen LogP contribution in [0.3, 0.4) is 0 Å². The maximum Gasteiger partial charge on any atom is 0.243 e. The zero-order valence-electron chi connectivity index (χ0n) is 13.8. The average molecular weight is 314 g/mol. The third-order valence-corrected chi connectivity index (χ3v) is 5.20. The first kappa shape index (κ1) is 16.0. The van der Waals surface area contributed by atoms with Gasteiger partial charge in [-0.25, -0.2) is 0 Å². The van der Waals surface area contributed by atoms with E-state index in [1.807, 2.05) is 6.07 Å². The molecule has 2 N–H and O–H groups in total. The maximum atomic E-state index is 12.8. The highest BCUT2D eigenvalue weighted by Crippen LogP contribution is 2.31. The van der Waals surface area contributed by atoms with E-state index in [-0.39, 0.29) is 29.8 Å². The molecule has 0 radical (unpaired) electrons. The van der Waals surface area contributed by atoms with E-state index < -0.39 is 0 Å². The van der Waals surface area contributed by atoms with Crippen molar-refractivity contribution in [2.24, 2.45) is 5.92 Å². The fraction of sp³-hybridized carbons (Fsp3) is 0.579. The van der Waals surface area contributed by atoms with Crippen molar-refractivity contribution in [1.82, 2.24) is 10.6 Å². The summed E-state index contributed by atoms with van der Waals surface area (Å²) in [6, 6.07) is 8.04. The van der Waals surface area contributed by atoms with E-state index in [1.54, 1.807) is 0 Å². The number of hydrogen-bond donors (Lipinski definition) is 2. The molecule has 0 bridgehead atoms. The van der Waals surface area contributed by atoms with Gasteiger partial charge in [0, 0.05) is 6.92 Å². The predicted molar refractivity (Wildman–Crippen MR) is 89.8 cm³/mol. The van der Waals surface area contributed by atoms with Gasteiger partial charge < -0.3 is 10.6 Å². The molecular weight excluding hydrogens is 288 g/mol. The van der Waals surface area contributed by atoms with Crippen LogP contribution in [0.25, 0.3) is 0 Å². The summed E-state index contributed by atoms with van der Waals surface area (Å²) in [5, 5.41) is 6.09. The highest BCUT2D eigenvalue weighted by atomic mass is 16.2. The predicted octanol–water partition coefficient (Wildman–Crippen LogP) is 2.88. The van der Waals surface area contributed by atoms with Gasteiger partial charge in [0.1, 0.15) is 6.04 Å². The summed E-state index contributed by atoms with van der Waals surface area (Å²) >= 11 is 0. The van der Waals surface area contributed by atoms with Crippen LogP contribution in [0.2, 0.25) is 0 Å². The molecule has 0 saturated heterocycles. The minimum atomic E-state index is -0.385. The van der Waals surface area contributed by atoms with Crippen molar-refractivity contribution < 1.29 is 9.59 Å². The molecule has 1 aromatic rings. The highest BCUT2D eigenvalue weighted by molar-refractivity contribution is 5.87. The number of carbonyl (C=O) groups is 2. The van der Waals surface area contributed by atoms with Crippen LogP contribution in [-0.2, 0) is 16.0 Å². The van der Waals surface area contributed by atoms with Gasteiger partial charge in [0.15, 0.2) is 0 Å². The quantitative estimate of drug-likeness (QED) is 0.898. The highest BCUT2D eigenvalue weighted by Gasteiger charge is 2.33. The Morgan fingerprint density at radius 2 is 1.83 bits per heavy atom. The van der Waals surface area contributed by atoms with Crippen molar-refractivity contribution in [3.63, 3.8) is 0 Å². The molecule has 23 heavy (non-hydrogen) atoms. The second kappa shape index (κ2) is 7.16. The normalized spacial score (nSPS) is 22.2. The molecule has 3 rings (SSSR count). The summed E-state index contributed by atoms with van der Waals surface area (Å²) < 4.78 is 0. The van der Waals surface area contributed by atoms with Crippen molar-refractivity contribution in [3.8, 4) is 0 Å². The van der Waals surface area contributed by atoms with Crippen LogP contribution in [0, 0.1) is 5.92 Å². The SMILES string of the molecule is CC(=O)N[C@@H](C(=O)N[C@@H]1CCCc2ccccc21)C1CCCC1. The molecule has 124 valence electrons. The van der Waals surface area contributed by atoms with E-state index in [9.17, 15) is 9.59 Å². The first-order chi connectivity index (χ1) is 11.1. The van der Waals surface area contributed by atoms with Crippen molar-refractivity contribution in [2.75, 3.05) is 0 Å². The third kappa shape index (κ3) is 3.74. The van der Waals surface area contributed by atoms with E-state index in [4.69, 9.17) is 0 Å². The first-order valence-electron chi connectivity index (χ1n) is 8.80. The molecule has 0 aromatic heterocycles. The summed E-state index contributed by atoms with van der Waals surface area (Å²) in [6.45, 7) is 1.49. The van der Waals surface area contributed by atoms with Gasteiger partial charge >= 0.3 is 0 Å². The van der Waals surface area contributed by atoms with E-state index in [0.717, 1.165) is 44.9 Å². The number of rotatable bonds is 4. The molecule has 1 fully saturated rings. The minimum Gasteiger partial charge on any atom is -0.347 e. The van der Waals surface area contributed by atoms with Gasteiger partial charge in [-0.1, -0.05) is 37.1 Å². The summed E-state index contributed by atoms with van der Waals surface area (Å²) in [5.41, 5.74) is 2.57. The molecule has 1 aromatic carbocycles. The van der Waals surface area contributed by atoms with Gasteiger partial charge in [0.05, 0.1) is 6.04 Å². The molecule has 0 unspecified atom stereocenters. The van der Waals surface area contributed by atoms with Crippen molar-refractivity contribution in [3.05, 3.63) is 35.4 Å². The molecule has 4 heteroatoms. The zero-order chi connectivity index (χ0) is 16.2. The van der Waals surface area contributed by atoms with Gasteiger partial charge in [-0.2, -0.15) is 0 Å². The topological polar surface area (TPSA) is 58.2 Å². The molecule has 4 nitrogen and oxygen atoms in total. The summed E-state index contributed by atoms with van der Waals surface area (Å²) in [6.07, 6.45) is 7.51. The monoisotopic (exact) mass is 314 g/mol. The Labute approximate surface area is 138 Å². The third-order valence-electron chi connectivity index (χ3n) is 5.20. The Hall–Kier alpha value is -1.84. The Morgan fingerprint density at radius 1 is 1.09 bits per heavy atom. The number of amides is 2. The lowest BCUT2D eigenvalue weighted by Gasteiger charge is -2.30. The number of carbonyl (C=O) groups excluding carboxylic acids is 2. The summed E-state index contributed by atoms with van der Waals surface area (Å²) in [7, 11) is 0. The van der Waals surface area contributed by atoms with Crippen LogP contribution in [0.5, 0.6) is 0 Å². The molecule has 2 aliphatic rings. The molecule has 2 aliphatic carbocycles. The lowest BCUT2D eigenvalue weighted by Crippen LogP contribution is -2.50. The van der Waals surface area contributed by atoms with Gasteiger partial charge in [-0.15, -0.1) is 0 Å². The van der Waals surface area contributed by atoms with Gasteiger partial charge in [0.25, 0.3) is 0 Å². The van der Waals surface area contributed by atoms with Crippen LogP contribution in [-0.4, -0.2) is 17.9 Å². The number of aryl methyl sites for hydroxylation is 1. The first-order valence-corrected chi connectivity index (χ1v) is 8.80. The number of nitrogens with one attached hydrogen (secondary N) is 2.